The van der Waals surface area contributed by atoms with E-state index in [0.29, 0.717) is 37.3 Å². The fraction of sp³-hybridized carbons (Fsp3) is 0.400. The minimum Gasteiger partial charge on any atom is -0.367 e. The summed E-state index contributed by atoms with van der Waals surface area (Å²) in [6, 6.07) is 17.6. The van der Waals surface area contributed by atoms with Crippen LogP contribution in [0, 0.1) is 48.1 Å². The van der Waals surface area contributed by atoms with E-state index in [1.165, 1.54) is 0 Å². The van der Waals surface area contributed by atoms with Gasteiger partial charge in [0.25, 0.3) is 5.91 Å². The third kappa shape index (κ3) is 5.98. The molecule has 2 aliphatic rings. The van der Waals surface area contributed by atoms with Gasteiger partial charge in [-0.3, -0.25) is 9.69 Å². The summed E-state index contributed by atoms with van der Waals surface area (Å²) < 4.78 is 29.0. The van der Waals surface area contributed by atoms with E-state index >= 15 is 0 Å². The number of hydrogen-bond donors (Lipinski definition) is 0. The third-order valence-electron chi connectivity index (χ3n) is 9.10. The second-order valence-electron chi connectivity index (χ2n) is 12.6. The van der Waals surface area contributed by atoms with Crippen LogP contribution < -0.4 is 9.80 Å². The number of carbonyl (C=O) groups is 1. The Balaban J connectivity index is 1.31. The first-order chi connectivity index (χ1) is 20.9. The molecule has 1 amide bonds. The first-order valence-electron chi connectivity index (χ1n) is 15.0. The lowest BCUT2D eigenvalue weighted by molar-refractivity contribution is 0.0672. The number of piperazine rings is 2. The minimum atomic E-state index is -0.755. The number of hydrogen-bond acceptors (Lipinski definition) is 6. The lowest BCUT2D eigenvalue weighted by Gasteiger charge is -2.48. The number of carbonyl (C=O) groups excluding carboxylic acids is 1. The minimum absolute atomic E-state index is 0.0698. The molecule has 0 spiro atoms. The van der Waals surface area contributed by atoms with Crippen molar-refractivity contribution in [3.05, 3.63) is 93.5 Å². The van der Waals surface area contributed by atoms with Gasteiger partial charge in [-0.1, -0.05) is 18.2 Å². The predicted octanol–water partition coefficient (Wildman–Crippen LogP) is 5.78. The van der Waals surface area contributed by atoms with Crippen LogP contribution in [0.15, 0.2) is 48.5 Å². The summed E-state index contributed by atoms with van der Waals surface area (Å²) >= 11 is 0. The normalized spacial score (nSPS) is 18.6. The van der Waals surface area contributed by atoms with Crippen molar-refractivity contribution in [3.63, 3.8) is 0 Å². The summed E-state index contributed by atoms with van der Waals surface area (Å²) in [5.74, 6) is -1.47. The summed E-state index contributed by atoms with van der Waals surface area (Å²) in [5, 5.41) is 18.6. The zero-order valence-corrected chi connectivity index (χ0v) is 26.0. The molecule has 0 aliphatic carbocycles. The van der Waals surface area contributed by atoms with Crippen LogP contribution in [0.4, 0.5) is 20.2 Å². The standard InChI is InChI=1S/C35H38F2N6O/c1-23-14-24(2)29(34(44)43-13-11-40(20-25(43)3)33-17-30(36)27(19-39)16-31(33)37)15-28(23)21-42-12-10-41(22-35(42,4)5)32-9-7-6-8-26(32)18-38/h6-9,14-17,25H,10-13,20-22H2,1-5H3/t25-/m0/s1. The largest absolute Gasteiger partial charge is 0.367 e. The van der Waals surface area contributed by atoms with Gasteiger partial charge >= 0.3 is 0 Å². The zero-order valence-electron chi connectivity index (χ0n) is 26.0. The number of halogens is 2. The van der Waals surface area contributed by atoms with E-state index in [0.717, 1.165) is 54.1 Å². The number of benzene rings is 3. The van der Waals surface area contributed by atoms with Crippen LogP contribution in [0.2, 0.25) is 0 Å². The molecule has 2 saturated heterocycles. The number of anilines is 2. The molecule has 0 radical (unpaired) electrons. The van der Waals surface area contributed by atoms with Crippen molar-refractivity contribution in [1.82, 2.24) is 9.80 Å². The molecular formula is C35H38F2N6O. The van der Waals surface area contributed by atoms with Crippen molar-refractivity contribution >= 4 is 17.3 Å². The maximum Gasteiger partial charge on any atom is 0.254 e. The van der Waals surface area contributed by atoms with Crippen LogP contribution in [0.3, 0.4) is 0 Å². The molecule has 228 valence electrons. The molecule has 0 aromatic heterocycles. The topological polar surface area (TPSA) is 77.6 Å². The van der Waals surface area contributed by atoms with Crippen molar-refractivity contribution in [1.29, 1.82) is 10.5 Å². The zero-order chi connectivity index (χ0) is 31.8. The second-order valence-corrected chi connectivity index (χ2v) is 12.6. The molecular weight excluding hydrogens is 558 g/mol. The maximum atomic E-state index is 14.7. The monoisotopic (exact) mass is 596 g/mol. The third-order valence-corrected chi connectivity index (χ3v) is 9.10. The van der Waals surface area contributed by atoms with E-state index in [1.807, 2.05) is 49.1 Å². The molecule has 5 rings (SSSR count). The van der Waals surface area contributed by atoms with Crippen molar-refractivity contribution < 1.29 is 13.6 Å². The Kier molecular flexibility index (Phi) is 8.63. The predicted molar refractivity (Wildman–Crippen MR) is 168 cm³/mol. The highest BCUT2D eigenvalue weighted by molar-refractivity contribution is 5.96. The lowest BCUT2D eigenvalue weighted by Crippen LogP contribution is -2.59. The maximum absolute atomic E-state index is 14.7. The molecule has 0 N–H and O–H groups in total. The van der Waals surface area contributed by atoms with Gasteiger partial charge in [-0.25, -0.2) is 8.78 Å². The van der Waals surface area contributed by atoms with E-state index in [4.69, 9.17) is 5.26 Å². The van der Waals surface area contributed by atoms with Gasteiger partial charge in [0.2, 0.25) is 0 Å². The molecule has 1 atom stereocenters. The number of nitriles is 2. The number of rotatable bonds is 5. The fourth-order valence-electron chi connectivity index (χ4n) is 6.53. The Morgan fingerprint density at radius 2 is 1.59 bits per heavy atom. The van der Waals surface area contributed by atoms with E-state index in [-0.39, 0.29) is 28.7 Å². The molecule has 3 aromatic rings. The van der Waals surface area contributed by atoms with Crippen LogP contribution in [0.25, 0.3) is 0 Å². The summed E-state index contributed by atoms with van der Waals surface area (Å²) in [7, 11) is 0. The quantitative estimate of drug-likeness (QED) is 0.372. The average molecular weight is 597 g/mol. The van der Waals surface area contributed by atoms with Gasteiger partial charge in [0.15, 0.2) is 0 Å². The molecule has 0 saturated carbocycles. The van der Waals surface area contributed by atoms with Gasteiger partial charge in [0.1, 0.15) is 23.8 Å². The Labute approximate surface area is 258 Å². The first kappa shape index (κ1) is 31.0. The summed E-state index contributed by atoms with van der Waals surface area (Å²) in [6.07, 6.45) is 0. The highest BCUT2D eigenvalue weighted by Gasteiger charge is 2.35. The van der Waals surface area contributed by atoms with Crippen molar-refractivity contribution in [2.75, 3.05) is 49.1 Å². The average Bonchev–Trinajstić information content (AvgIpc) is 2.99. The number of para-hydroxylation sites is 1. The molecule has 2 fully saturated rings. The van der Waals surface area contributed by atoms with Crippen LogP contribution in [0.5, 0.6) is 0 Å². The van der Waals surface area contributed by atoms with Crippen LogP contribution in [-0.2, 0) is 6.54 Å². The van der Waals surface area contributed by atoms with Gasteiger partial charge in [0, 0.05) is 69.0 Å². The highest BCUT2D eigenvalue weighted by atomic mass is 19.1. The Morgan fingerprint density at radius 1 is 0.886 bits per heavy atom. The van der Waals surface area contributed by atoms with Crippen molar-refractivity contribution in [2.45, 2.75) is 52.7 Å². The number of aryl methyl sites for hydroxylation is 2. The van der Waals surface area contributed by atoms with Crippen LogP contribution in [-0.4, -0.2) is 66.6 Å². The first-order valence-corrected chi connectivity index (χ1v) is 15.0. The summed E-state index contributed by atoms with van der Waals surface area (Å²) in [5.41, 5.74) is 5.03. The fourth-order valence-corrected chi connectivity index (χ4v) is 6.53. The number of nitrogens with zero attached hydrogens (tertiary/aromatic N) is 6. The highest BCUT2D eigenvalue weighted by Crippen LogP contribution is 2.31. The van der Waals surface area contributed by atoms with Gasteiger partial charge in [-0.15, -0.1) is 0 Å². The van der Waals surface area contributed by atoms with Crippen molar-refractivity contribution in [3.8, 4) is 12.1 Å². The number of amides is 1. The molecule has 2 aliphatic heterocycles. The van der Waals surface area contributed by atoms with Gasteiger partial charge < -0.3 is 14.7 Å². The van der Waals surface area contributed by atoms with Crippen LogP contribution in [0.1, 0.15) is 58.9 Å². The molecule has 7 nitrogen and oxygen atoms in total. The van der Waals surface area contributed by atoms with Gasteiger partial charge in [-0.05, 0) is 75.6 Å². The van der Waals surface area contributed by atoms with E-state index < -0.39 is 11.6 Å². The molecule has 44 heavy (non-hydrogen) atoms. The lowest BCUT2D eigenvalue weighted by atomic mass is 9.94. The Morgan fingerprint density at radius 3 is 2.27 bits per heavy atom. The molecule has 3 aromatic carbocycles. The smallest absolute Gasteiger partial charge is 0.254 e. The van der Waals surface area contributed by atoms with E-state index in [2.05, 4.69) is 42.7 Å². The Hall–Kier alpha value is -4.47. The van der Waals surface area contributed by atoms with Crippen LogP contribution >= 0.6 is 0 Å². The van der Waals surface area contributed by atoms with E-state index in [9.17, 15) is 18.8 Å². The molecule has 0 bridgehead atoms. The second kappa shape index (κ2) is 12.3. The molecule has 0 unspecified atom stereocenters. The summed E-state index contributed by atoms with van der Waals surface area (Å²) in [6.45, 7) is 14.5. The van der Waals surface area contributed by atoms with Gasteiger partial charge in [-0.2, -0.15) is 10.5 Å². The molecule has 2 heterocycles. The van der Waals surface area contributed by atoms with Crippen molar-refractivity contribution in [2.24, 2.45) is 0 Å². The molecule has 9 heteroatoms. The SMILES string of the molecule is Cc1cc(C)c(C(=O)N2CCN(c3cc(F)c(C#N)cc3F)C[C@@H]2C)cc1CN1CCN(c2ccccc2C#N)CC1(C)C. The summed E-state index contributed by atoms with van der Waals surface area (Å²) in [4.78, 5) is 22.2. The Bertz CT molecular complexity index is 1670. The van der Waals surface area contributed by atoms with E-state index in [1.54, 1.807) is 11.0 Å². The van der Waals surface area contributed by atoms with Gasteiger partial charge in [0.05, 0.1) is 22.5 Å².